The first kappa shape index (κ1) is 73.8. The fourth-order valence-electron chi connectivity index (χ4n) is 15.0. The number of carboxylic acid groups (broad SMARTS) is 1. The van der Waals surface area contributed by atoms with Crippen LogP contribution in [0.1, 0.15) is 183 Å². The van der Waals surface area contributed by atoms with Gasteiger partial charge >= 0.3 is 5.97 Å². The first-order valence-electron chi connectivity index (χ1n) is 38.9. The number of ether oxygens (including phenoxy) is 4. The lowest BCUT2D eigenvalue weighted by molar-refractivity contribution is -0.132. The van der Waals surface area contributed by atoms with Crippen LogP contribution in [-0.4, -0.2) is 53.5 Å². The van der Waals surface area contributed by atoms with Crippen molar-refractivity contribution in [1.82, 2.24) is 9.97 Å². The lowest BCUT2D eigenvalue weighted by Gasteiger charge is -2.27. The Morgan fingerprint density at radius 1 is 0.491 bits per heavy atom. The summed E-state index contributed by atoms with van der Waals surface area (Å²) in [4.78, 5) is 27.3. The van der Waals surface area contributed by atoms with Crippen molar-refractivity contribution in [2.45, 2.75) is 162 Å². The van der Waals surface area contributed by atoms with Gasteiger partial charge in [0, 0.05) is 78.6 Å². The highest BCUT2D eigenvalue weighted by atomic mass is 32.1. The molecule has 11 aromatic rings. The highest BCUT2D eigenvalue weighted by molar-refractivity contribution is 7.16. The molecule has 13 rings (SSSR count). The van der Waals surface area contributed by atoms with Gasteiger partial charge in [-0.25, -0.2) is 14.8 Å². The summed E-state index contributed by atoms with van der Waals surface area (Å²) >= 11 is 1.42. The smallest absolute Gasteiger partial charge is 0.346 e. The number of aliphatic carboxylic acids is 1. The Morgan fingerprint density at radius 2 is 0.981 bits per heavy atom. The zero-order valence-electron chi connectivity index (χ0n) is 62.0. The number of hydrogen-bond acceptors (Lipinski definition) is 10. The minimum absolute atomic E-state index is 0.304. The average molecular weight is 1420 g/mol. The van der Waals surface area contributed by atoms with E-state index in [4.69, 9.17) is 28.9 Å². The summed E-state index contributed by atoms with van der Waals surface area (Å²) in [6, 6.07) is 77.6. The molecule has 1 aliphatic carbocycles. The van der Waals surface area contributed by atoms with Crippen LogP contribution in [0.4, 0.5) is 11.4 Å². The van der Waals surface area contributed by atoms with Crippen LogP contribution in [0.2, 0.25) is 0 Å². The van der Waals surface area contributed by atoms with Crippen molar-refractivity contribution in [3.05, 3.63) is 245 Å². The van der Waals surface area contributed by atoms with Crippen LogP contribution >= 0.6 is 11.3 Å². The quantitative estimate of drug-likeness (QED) is 0.0175. The average Bonchev–Trinajstić information content (AvgIpc) is 1.71. The number of carbonyl (C=O) groups is 1. The van der Waals surface area contributed by atoms with E-state index in [2.05, 4.69) is 202 Å². The molecule has 9 aromatic carbocycles. The summed E-state index contributed by atoms with van der Waals surface area (Å²) in [5, 5.41) is 19.4. The Balaban J connectivity index is 0.851. The van der Waals surface area contributed by atoms with Gasteiger partial charge in [-0.3, -0.25) is 0 Å². The maximum absolute atomic E-state index is 11.9. The van der Waals surface area contributed by atoms with Gasteiger partial charge in [0.25, 0.3) is 0 Å². The minimum atomic E-state index is -1.26. The third-order valence-corrected chi connectivity index (χ3v) is 21.8. The monoisotopic (exact) mass is 1420 g/mol. The summed E-state index contributed by atoms with van der Waals surface area (Å²) < 4.78 is 25.9. The summed E-state index contributed by atoms with van der Waals surface area (Å²) in [5.41, 5.74) is 20.0. The maximum atomic E-state index is 11.9. The van der Waals surface area contributed by atoms with Crippen molar-refractivity contribution in [1.29, 1.82) is 5.26 Å². The summed E-state index contributed by atoms with van der Waals surface area (Å²) in [6.07, 6.45) is 25.4. The largest absolute Gasteiger partial charge is 0.493 e. The number of unbranched alkanes of at least 4 members (excludes halogenated alkanes) is 12. The van der Waals surface area contributed by atoms with Gasteiger partial charge in [-0.1, -0.05) is 251 Å². The van der Waals surface area contributed by atoms with Crippen LogP contribution in [0.3, 0.4) is 0 Å². The van der Waals surface area contributed by atoms with E-state index in [0.29, 0.717) is 43.3 Å². The predicted octanol–water partition coefficient (Wildman–Crippen LogP) is 25.9. The normalized spacial score (nSPS) is 13.8. The first-order valence-corrected chi connectivity index (χ1v) is 39.7. The van der Waals surface area contributed by atoms with Gasteiger partial charge in [-0.15, -0.1) is 11.3 Å². The van der Waals surface area contributed by atoms with Gasteiger partial charge in [0.2, 0.25) is 0 Å². The Bertz CT molecular complexity index is 4740. The van der Waals surface area contributed by atoms with Crippen molar-refractivity contribution in [3.8, 4) is 95.4 Å². The summed E-state index contributed by atoms with van der Waals surface area (Å²) in [5.74, 6) is 2.48. The first-order chi connectivity index (χ1) is 52.2. The Kier molecular flexibility index (Phi) is 25.4. The summed E-state index contributed by atoms with van der Waals surface area (Å²) in [7, 11) is 0. The highest BCUT2D eigenvalue weighted by Crippen LogP contribution is 2.54. The summed E-state index contributed by atoms with van der Waals surface area (Å²) in [6.45, 7) is 11.7. The van der Waals surface area contributed by atoms with Gasteiger partial charge in [0.05, 0.1) is 48.8 Å². The molecule has 1 fully saturated rings. The van der Waals surface area contributed by atoms with Gasteiger partial charge in [-0.05, 0) is 156 Å². The van der Waals surface area contributed by atoms with Crippen LogP contribution in [0.25, 0.3) is 95.1 Å². The van der Waals surface area contributed by atoms with Crippen molar-refractivity contribution in [2.24, 2.45) is 0 Å². The second-order valence-electron chi connectivity index (χ2n) is 28.2. The lowest BCUT2D eigenvalue weighted by Crippen LogP contribution is -2.26. The van der Waals surface area contributed by atoms with E-state index in [-0.39, 0.29) is 5.57 Å². The zero-order chi connectivity index (χ0) is 73.0. The third-order valence-electron chi connectivity index (χ3n) is 20.7. The van der Waals surface area contributed by atoms with Crippen molar-refractivity contribution >= 4 is 57.4 Å². The minimum Gasteiger partial charge on any atom is -0.493 e. The molecule has 2 unspecified atom stereocenters. The number of hydrogen-bond donors (Lipinski definition) is 1. The fourth-order valence-corrected chi connectivity index (χ4v) is 16.0. The number of fused-ring (bicyclic) bond motifs is 4. The molecule has 10 nitrogen and oxygen atoms in total. The SMILES string of the molecule is CCCCCCOc1ccc(-c2ccc(C(=Cc3ccc(N4c5ccc(-c6ccc(-c7ccc(/C=C(\C#N)C(=O)O)s7)c7nc(-c8ccccc8)c(-c8ccccc8)nc67)cc5C5CCCC54)cc3)c3ccc(-c4ccc(OCCCCCC)cc4OCCCCCC)cc3)cc2)c(OCCCCCC)c1. The molecule has 0 radical (unpaired) electrons. The number of benzene rings is 9. The molecule has 540 valence electrons. The number of aromatic nitrogens is 2. The molecule has 1 saturated carbocycles. The van der Waals surface area contributed by atoms with Crippen molar-refractivity contribution in [3.63, 3.8) is 0 Å². The molecule has 0 spiro atoms. The number of nitriles is 1. The second-order valence-corrected chi connectivity index (χ2v) is 29.3. The Hall–Kier alpha value is -10.5. The zero-order valence-corrected chi connectivity index (χ0v) is 62.8. The third kappa shape index (κ3) is 17.7. The second kappa shape index (κ2) is 36.4. The maximum Gasteiger partial charge on any atom is 0.346 e. The van der Waals surface area contributed by atoms with Crippen molar-refractivity contribution in [2.75, 3.05) is 31.3 Å². The van der Waals surface area contributed by atoms with Crippen LogP contribution in [0.15, 0.2) is 218 Å². The highest BCUT2D eigenvalue weighted by Gasteiger charge is 2.42. The number of rotatable bonds is 36. The molecule has 106 heavy (non-hydrogen) atoms. The molecule has 0 saturated heterocycles. The van der Waals surface area contributed by atoms with Crippen LogP contribution < -0.4 is 23.8 Å². The number of nitrogens with zero attached hydrogens (tertiary/aromatic N) is 4. The van der Waals surface area contributed by atoms with Gasteiger partial charge < -0.3 is 29.0 Å². The lowest BCUT2D eigenvalue weighted by atomic mass is 9.92. The topological polar surface area (TPSA) is 127 Å². The molecule has 0 bridgehead atoms. The fraction of sp³-hybridized carbons (Fsp3) is 0.305. The predicted molar refractivity (Wildman–Crippen MR) is 439 cm³/mol. The molecule has 2 aromatic heterocycles. The van der Waals surface area contributed by atoms with Crippen LogP contribution in [0.5, 0.6) is 23.0 Å². The van der Waals surface area contributed by atoms with Crippen LogP contribution in [0, 0.1) is 11.3 Å². The number of thiophene rings is 1. The van der Waals surface area contributed by atoms with E-state index in [1.54, 1.807) is 0 Å². The van der Waals surface area contributed by atoms with E-state index in [1.807, 2.05) is 54.6 Å². The van der Waals surface area contributed by atoms with Crippen molar-refractivity contribution < 1.29 is 28.8 Å². The van der Waals surface area contributed by atoms with E-state index in [9.17, 15) is 15.2 Å². The number of anilines is 2. The van der Waals surface area contributed by atoms with E-state index in [0.717, 1.165) is 180 Å². The molecule has 2 aliphatic rings. The standard InChI is InChI=1S/C95H98N4O6S/c1-5-9-13-23-56-102-76-47-50-79(88(63-76)104-58-25-15-11-7-3)67-36-40-69(41-37-67)84(70-42-38-68(39-43-70)80-51-48-77(103-57-24-14-10-6-2)64-89(80)105-59-26-16-12-8-4)60-66-34-45-75(46-35-66)99-86-33-27-32-82(86)85-62-73(44-54-87(85)99)81-52-53-83(90-55-49-78(106-90)61-74(65-96)95(100)101)94-93(81)97-91(71-28-19-17-20-29-71)92(98-94)72-30-21-18-22-31-72/h17-22,28-31,34-55,60-64,82,86H,5-16,23-27,32-33,56-59H2,1-4H3,(H,100,101)/b74-61+. The van der Waals surface area contributed by atoms with E-state index >= 15 is 0 Å². The molecule has 1 N–H and O–H groups in total. The Labute approximate surface area is 631 Å². The molecular formula is C95H98N4O6S. The van der Waals surface area contributed by atoms with Gasteiger partial charge in [0.15, 0.2) is 0 Å². The van der Waals surface area contributed by atoms with Gasteiger partial charge in [0.1, 0.15) is 34.6 Å². The molecule has 1 aliphatic heterocycles. The number of carboxylic acids is 1. The van der Waals surface area contributed by atoms with Gasteiger partial charge in [-0.2, -0.15) is 5.26 Å². The molecule has 3 heterocycles. The molecule has 0 amide bonds. The molecule has 11 heteroatoms. The molecular weight excluding hydrogens is 1330 g/mol. The van der Waals surface area contributed by atoms with E-state index < -0.39 is 5.97 Å². The van der Waals surface area contributed by atoms with Crippen LogP contribution in [-0.2, 0) is 4.79 Å². The Morgan fingerprint density at radius 3 is 1.49 bits per heavy atom. The molecule has 2 atom stereocenters. The van der Waals surface area contributed by atoms with E-state index in [1.165, 1.54) is 98.6 Å².